The fraction of sp³-hybridized carbons (Fsp3) is 0.304. The molecule has 0 unspecified atom stereocenters. The van der Waals surface area contributed by atoms with Crippen LogP contribution in [0.3, 0.4) is 0 Å². The molecule has 0 saturated carbocycles. The van der Waals surface area contributed by atoms with E-state index in [-0.39, 0.29) is 43.5 Å². The first-order chi connectivity index (χ1) is 15.1. The molecular weight excluding hydrogens is 461 g/mol. The average molecular weight is 490 g/mol. The molecule has 0 saturated heterocycles. The van der Waals surface area contributed by atoms with Gasteiger partial charge in [-0.2, -0.15) is 9.97 Å². The first kappa shape index (κ1) is 26.3. The van der Waals surface area contributed by atoms with E-state index in [9.17, 15) is 5.11 Å². The standard InChI is InChI=1S/C23H27N7O.2ClH/c1-4-17(13-31)27-23-28-21(20-22(29-23)30(14-25-20)15(2)3)26-18-9-7-8-16(12-18)19-10-5-6-11-24-19;;/h5-12,14-15,17,31H,4,13H2,1-3H3,(H2,26,27,28,29);2*1H/t17-;;/m1../s1. The lowest BCUT2D eigenvalue weighted by Gasteiger charge is -2.16. The highest BCUT2D eigenvalue weighted by Crippen LogP contribution is 2.28. The van der Waals surface area contributed by atoms with Crippen molar-refractivity contribution in [1.29, 1.82) is 0 Å². The maximum absolute atomic E-state index is 9.59. The fourth-order valence-electron chi connectivity index (χ4n) is 3.33. The van der Waals surface area contributed by atoms with E-state index in [0.717, 1.165) is 29.0 Å². The van der Waals surface area contributed by atoms with E-state index in [2.05, 4.69) is 44.4 Å². The third-order valence-electron chi connectivity index (χ3n) is 5.11. The molecule has 0 aliphatic carbocycles. The second-order valence-electron chi connectivity index (χ2n) is 7.67. The lowest BCUT2D eigenvalue weighted by atomic mass is 10.1. The van der Waals surface area contributed by atoms with Gasteiger partial charge in [-0.15, -0.1) is 24.8 Å². The molecule has 0 spiro atoms. The van der Waals surface area contributed by atoms with Crippen LogP contribution in [-0.2, 0) is 0 Å². The highest BCUT2D eigenvalue weighted by atomic mass is 35.5. The zero-order chi connectivity index (χ0) is 21.8. The number of nitrogens with zero attached hydrogens (tertiary/aromatic N) is 5. The van der Waals surface area contributed by atoms with Gasteiger partial charge in [0.2, 0.25) is 5.95 Å². The van der Waals surface area contributed by atoms with Gasteiger partial charge in [0.05, 0.1) is 24.7 Å². The zero-order valence-corrected chi connectivity index (χ0v) is 20.4. The molecule has 10 heteroatoms. The van der Waals surface area contributed by atoms with Crippen LogP contribution >= 0.6 is 24.8 Å². The molecule has 0 amide bonds. The van der Waals surface area contributed by atoms with E-state index < -0.39 is 0 Å². The Morgan fingerprint density at radius 1 is 1.03 bits per heavy atom. The smallest absolute Gasteiger partial charge is 0.227 e. The predicted octanol–water partition coefficient (Wildman–Crippen LogP) is 5.24. The molecule has 1 aromatic carbocycles. The maximum atomic E-state index is 9.59. The molecule has 3 aromatic heterocycles. The number of halogens is 2. The number of hydrogen-bond donors (Lipinski definition) is 3. The Balaban J connectivity index is 0.00000193. The Kier molecular flexibility index (Phi) is 9.40. The highest BCUT2D eigenvalue weighted by Gasteiger charge is 2.17. The van der Waals surface area contributed by atoms with Gasteiger partial charge in [0.25, 0.3) is 0 Å². The average Bonchev–Trinajstić information content (AvgIpc) is 3.23. The normalized spacial score (nSPS) is 11.5. The lowest BCUT2D eigenvalue weighted by molar-refractivity contribution is 0.271. The van der Waals surface area contributed by atoms with Crippen LogP contribution in [0.2, 0.25) is 0 Å². The van der Waals surface area contributed by atoms with Crippen molar-refractivity contribution in [2.45, 2.75) is 39.3 Å². The van der Waals surface area contributed by atoms with Crippen LogP contribution in [0.5, 0.6) is 0 Å². The van der Waals surface area contributed by atoms with E-state index in [1.54, 1.807) is 12.5 Å². The summed E-state index contributed by atoms with van der Waals surface area (Å²) in [6.45, 7) is 6.19. The molecule has 1 atom stereocenters. The summed E-state index contributed by atoms with van der Waals surface area (Å²) in [5.41, 5.74) is 4.22. The van der Waals surface area contributed by atoms with Crippen molar-refractivity contribution in [2.24, 2.45) is 0 Å². The van der Waals surface area contributed by atoms with Crippen LogP contribution in [0.15, 0.2) is 55.0 Å². The molecule has 3 heterocycles. The van der Waals surface area contributed by atoms with E-state index in [1.165, 1.54) is 0 Å². The van der Waals surface area contributed by atoms with Crippen LogP contribution in [0, 0.1) is 0 Å². The second-order valence-corrected chi connectivity index (χ2v) is 7.67. The van der Waals surface area contributed by atoms with Crippen LogP contribution in [0.4, 0.5) is 17.5 Å². The molecule has 0 aliphatic rings. The van der Waals surface area contributed by atoms with Gasteiger partial charge >= 0.3 is 0 Å². The van der Waals surface area contributed by atoms with Crippen LogP contribution in [0.1, 0.15) is 33.2 Å². The van der Waals surface area contributed by atoms with Crippen molar-refractivity contribution in [2.75, 3.05) is 17.2 Å². The SMILES string of the molecule is CC[C@H](CO)Nc1nc(Nc2cccc(-c3ccccn3)c2)c2ncn(C(C)C)c2n1.Cl.Cl. The Hall–Kier alpha value is -2.94. The van der Waals surface area contributed by atoms with Gasteiger partial charge in [-0.3, -0.25) is 4.98 Å². The van der Waals surface area contributed by atoms with Gasteiger partial charge in [-0.05, 0) is 44.5 Å². The molecule has 3 N–H and O–H groups in total. The number of benzene rings is 1. The predicted molar refractivity (Wildman–Crippen MR) is 138 cm³/mol. The first-order valence-corrected chi connectivity index (χ1v) is 10.5. The summed E-state index contributed by atoms with van der Waals surface area (Å²) in [5, 5.41) is 16.2. The topological polar surface area (TPSA) is 101 Å². The Bertz CT molecular complexity index is 1160. The third-order valence-corrected chi connectivity index (χ3v) is 5.11. The van der Waals surface area contributed by atoms with Crippen molar-refractivity contribution >= 4 is 53.4 Å². The number of pyridine rings is 1. The van der Waals surface area contributed by atoms with Crippen molar-refractivity contribution in [3.63, 3.8) is 0 Å². The molecule has 33 heavy (non-hydrogen) atoms. The number of aliphatic hydroxyl groups is 1. The highest BCUT2D eigenvalue weighted by molar-refractivity contribution is 5.87. The molecular formula is C23H29Cl2N7O. The largest absolute Gasteiger partial charge is 0.394 e. The third kappa shape index (κ3) is 5.90. The van der Waals surface area contributed by atoms with Gasteiger partial charge in [0.1, 0.15) is 0 Å². The first-order valence-electron chi connectivity index (χ1n) is 10.5. The second kappa shape index (κ2) is 11.8. The number of aliphatic hydroxyl groups excluding tert-OH is 1. The summed E-state index contributed by atoms with van der Waals surface area (Å²) < 4.78 is 2.01. The minimum Gasteiger partial charge on any atom is -0.394 e. The maximum Gasteiger partial charge on any atom is 0.227 e. The number of rotatable bonds is 8. The molecule has 0 aliphatic heterocycles. The lowest BCUT2D eigenvalue weighted by Crippen LogP contribution is -2.24. The molecule has 4 aromatic rings. The number of hydrogen-bond acceptors (Lipinski definition) is 7. The summed E-state index contributed by atoms with van der Waals surface area (Å²) in [5.74, 6) is 1.07. The molecule has 8 nitrogen and oxygen atoms in total. The summed E-state index contributed by atoms with van der Waals surface area (Å²) >= 11 is 0. The number of fused-ring (bicyclic) bond motifs is 1. The minimum absolute atomic E-state index is 0. The Labute approximate surface area is 205 Å². The number of aromatic nitrogens is 5. The summed E-state index contributed by atoms with van der Waals surface area (Å²) in [6.07, 6.45) is 4.33. The number of imidazole rings is 1. The van der Waals surface area contributed by atoms with Gasteiger partial charge in [0.15, 0.2) is 17.0 Å². The molecule has 0 bridgehead atoms. The van der Waals surface area contributed by atoms with E-state index >= 15 is 0 Å². The van der Waals surface area contributed by atoms with E-state index in [0.29, 0.717) is 17.3 Å². The van der Waals surface area contributed by atoms with Gasteiger partial charge in [0, 0.05) is 23.5 Å². The molecule has 0 fully saturated rings. The summed E-state index contributed by atoms with van der Waals surface area (Å²) in [4.78, 5) is 18.3. The minimum atomic E-state index is -0.117. The Morgan fingerprint density at radius 3 is 2.52 bits per heavy atom. The quantitative estimate of drug-likeness (QED) is 0.311. The monoisotopic (exact) mass is 489 g/mol. The molecule has 176 valence electrons. The molecule has 0 radical (unpaired) electrons. The number of anilines is 3. The van der Waals surface area contributed by atoms with Gasteiger partial charge in [-0.25, -0.2) is 4.98 Å². The van der Waals surface area contributed by atoms with Crippen LogP contribution < -0.4 is 10.6 Å². The number of nitrogens with one attached hydrogen (secondary N) is 2. The fourth-order valence-corrected chi connectivity index (χ4v) is 3.33. The zero-order valence-electron chi connectivity index (χ0n) is 18.8. The van der Waals surface area contributed by atoms with Gasteiger partial charge in [-0.1, -0.05) is 25.1 Å². The van der Waals surface area contributed by atoms with Crippen molar-refractivity contribution in [3.8, 4) is 11.3 Å². The molecule has 4 rings (SSSR count). The summed E-state index contributed by atoms with van der Waals surface area (Å²) in [7, 11) is 0. The van der Waals surface area contributed by atoms with Crippen molar-refractivity contribution in [1.82, 2.24) is 24.5 Å². The van der Waals surface area contributed by atoms with Crippen LogP contribution in [-0.4, -0.2) is 42.3 Å². The van der Waals surface area contributed by atoms with Crippen molar-refractivity contribution < 1.29 is 5.11 Å². The summed E-state index contributed by atoms with van der Waals surface area (Å²) in [6, 6.07) is 14.0. The Morgan fingerprint density at radius 2 is 1.85 bits per heavy atom. The van der Waals surface area contributed by atoms with Crippen molar-refractivity contribution in [3.05, 3.63) is 55.0 Å². The van der Waals surface area contributed by atoms with Crippen LogP contribution in [0.25, 0.3) is 22.4 Å². The van der Waals surface area contributed by atoms with Gasteiger partial charge < -0.3 is 20.3 Å². The van der Waals surface area contributed by atoms with E-state index in [1.807, 2.05) is 54.0 Å². The van der Waals surface area contributed by atoms with E-state index in [4.69, 9.17) is 0 Å².